The monoisotopic (exact) mass is 555 g/mol. The van der Waals surface area contributed by atoms with E-state index in [0.29, 0.717) is 21.9 Å². The summed E-state index contributed by atoms with van der Waals surface area (Å²) in [5.41, 5.74) is 0.966. The van der Waals surface area contributed by atoms with Gasteiger partial charge in [0.1, 0.15) is 17.9 Å². The summed E-state index contributed by atoms with van der Waals surface area (Å²) in [6.07, 6.45) is 1.30. The lowest BCUT2D eigenvalue weighted by Gasteiger charge is -2.26. The van der Waals surface area contributed by atoms with Crippen molar-refractivity contribution in [2.75, 3.05) is 4.90 Å². The molecule has 0 saturated carbocycles. The fourth-order valence-electron chi connectivity index (χ4n) is 3.28. The Kier molecular flexibility index (Phi) is 6.94. The van der Waals surface area contributed by atoms with Gasteiger partial charge < -0.3 is 4.74 Å². The van der Waals surface area contributed by atoms with Crippen LogP contribution in [-0.4, -0.2) is 22.8 Å². The van der Waals surface area contributed by atoms with Crippen molar-refractivity contribution in [3.8, 4) is 5.75 Å². The van der Waals surface area contributed by atoms with Crippen LogP contribution in [0.15, 0.2) is 76.8 Å². The summed E-state index contributed by atoms with van der Waals surface area (Å²) in [7, 11) is 0. The van der Waals surface area contributed by atoms with Gasteiger partial charge in [0.05, 0.1) is 10.6 Å². The van der Waals surface area contributed by atoms with E-state index in [1.54, 1.807) is 48.5 Å². The zero-order chi connectivity index (χ0) is 25.1. The number of nitro benzene ring substituents is 1. The number of carbonyl (C=O) groups is 3. The van der Waals surface area contributed by atoms with Gasteiger partial charge >= 0.3 is 6.03 Å². The summed E-state index contributed by atoms with van der Waals surface area (Å²) in [6.45, 7) is 0.0689. The molecule has 1 N–H and O–H groups in total. The predicted octanol–water partition coefficient (Wildman–Crippen LogP) is 5.26. The van der Waals surface area contributed by atoms with Crippen LogP contribution in [0.2, 0.25) is 5.02 Å². The molecule has 0 spiro atoms. The molecule has 0 atom stereocenters. The van der Waals surface area contributed by atoms with E-state index in [2.05, 4.69) is 21.2 Å². The molecular weight excluding hydrogens is 542 g/mol. The highest BCUT2D eigenvalue weighted by Crippen LogP contribution is 2.29. The van der Waals surface area contributed by atoms with Crippen molar-refractivity contribution in [1.29, 1.82) is 0 Å². The highest BCUT2D eigenvalue weighted by atomic mass is 79.9. The Morgan fingerprint density at radius 3 is 2.37 bits per heavy atom. The molecule has 1 aliphatic rings. The SMILES string of the molecule is O=C1NC(=O)N(c2ccc(Br)cc2)C(=O)/C1=C/c1cc(Cl)ccc1OCc1ccc([N+](=O)[O-])cc1. The lowest BCUT2D eigenvalue weighted by atomic mass is 10.1. The Labute approximate surface area is 212 Å². The van der Waals surface area contributed by atoms with Gasteiger partial charge in [0.2, 0.25) is 0 Å². The van der Waals surface area contributed by atoms with Crippen molar-refractivity contribution < 1.29 is 24.0 Å². The molecule has 4 rings (SSSR count). The molecule has 1 saturated heterocycles. The molecule has 35 heavy (non-hydrogen) atoms. The molecule has 1 aliphatic heterocycles. The van der Waals surface area contributed by atoms with Crippen molar-refractivity contribution in [3.63, 3.8) is 0 Å². The molecule has 3 aromatic carbocycles. The first kappa shape index (κ1) is 24.1. The number of barbiturate groups is 1. The third kappa shape index (κ3) is 5.39. The number of hydrogen-bond acceptors (Lipinski definition) is 6. The van der Waals surface area contributed by atoms with E-state index < -0.39 is 22.8 Å². The van der Waals surface area contributed by atoms with Crippen LogP contribution in [0.25, 0.3) is 6.08 Å². The summed E-state index contributed by atoms with van der Waals surface area (Å²) in [4.78, 5) is 49.2. The first-order valence-electron chi connectivity index (χ1n) is 10.1. The predicted molar refractivity (Wildman–Crippen MR) is 132 cm³/mol. The van der Waals surface area contributed by atoms with Crippen LogP contribution >= 0.6 is 27.5 Å². The second kappa shape index (κ2) is 10.1. The maximum atomic E-state index is 13.1. The second-order valence-corrected chi connectivity index (χ2v) is 8.68. The molecule has 1 heterocycles. The van der Waals surface area contributed by atoms with E-state index >= 15 is 0 Å². The number of urea groups is 1. The van der Waals surface area contributed by atoms with E-state index in [-0.39, 0.29) is 23.6 Å². The Bertz CT molecular complexity index is 1370. The minimum atomic E-state index is -0.861. The Morgan fingerprint density at radius 1 is 1.03 bits per heavy atom. The third-order valence-electron chi connectivity index (χ3n) is 5.00. The molecule has 11 heteroatoms. The summed E-state index contributed by atoms with van der Waals surface area (Å²) in [5.74, 6) is -1.34. The number of non-ortho nitro benzene ring substituents is 1. The number of ether oxygens (including phenoxy) is 1. The fourth-order valence-corrected chi connectivity index (χ4v) is 3.72. The van der Waals surface area contributed by atoms with E-state index in [9.17, 15) is 24.5 Å². The normalized spacial score (nSPS) is 14.7. The van der Waals surface area contributed by atoms with E-state index in [4.69, 9.17) is 16.3 Å². The topological polar surface area (TPSA) is 119 Å². The van der Waals surface area contributed by atoms with Crippen LogP contribution in [0.5, 0.6) is 5.75 Å². The summed E-state index contributed by atoms with van der Waals surface area (Å²) in [6, 6.07) is 16.1. The number of hydrogen-bond donors (Lipinski definition) is 1. The molecule has 0 bridgehead atoms. The smallest absolute Gasteiger partial charge is 0.335 e. The lowest BCUT2D eigenvalue weighted by Crippen LogP contribution is -2.54. The number of halogens is 2. The highest BCUT2D eigenvalue weighted by molar-refractivity contribution is 9.10. The van der Waals surface area contributed by atoms with Crippen LogP contribution in [0.3, 0.4) is 0 Å². The van der Waals surface area contributed by atoms with Crippen molar-refractivity contribution in [2.45, 2.75) is 6.61 Å². The molecular formula is C24H15BrClN3O6. The minimum Gasteiger partial charge on any atom is -0.488 e. The van der Waals surface area contributed by atoms with Crippen molar-refractivity contribution in [3.05, 3.63) is 103 Å². The van der Waals surface area contributed by atoms with Gasteiger partial charge in [0.25, 0.3) is 17.5 Å². The minimum absolute atomic E-state index is 0.0441. The molecule has 1 fully saturated rings. The van der Waals surface area contributed by atoms with E-state index in [1.807, 2.05) is 0 Å². The first-order chi connectivity index (χ1) is 16.7. The largest absolute Gasteiger partial charge is 0.488 e. The Morgan fingerprint density at radius 2 is 1.71 bits per heavy atom. The number of rotatable bonds is 6. The number of nitro groups is 1. The molecule has 0 aliphatic carbocycles. The lowest BCUT2D eigenvalue weighted by molar-refractivity contribution is -0.384. The van der Waals surface area contributed by atoms with E-state index in [1.165, 1.54) is 24.3 Å². The highest BCUT2D eigenvalue weighted by Gasteiger charge is 2.37. The maximum absolute atomic E-state index is 13.1. The average Bonchev–Trinajstić information content (AvgIpc) is 2.82. The van der Waals surface area contributed by atoms with Gasteiger partial charge in [-0.25, -0.2) is 9.69 Å². The Hall–Kier alpha value is -4.02. The third-order valence-corrected chi connectivity index (χ3v) is 5.76. The zero-order valence-electron chi connectivity index (χ0n) is 17.7. The molecule has 4 amide bonds. The van der Waals surface area contributed by atoms with Crippen molar-refractivity contribution >= 4 is 62.8 Å². The van der Waals surface area contributed by atoms with Gasteiger partial charge in [-0.2, -0.15) is 0 Å². The quantitative estimate of drug-likeness (QED) is 0.192. The fraction of sp³-hybridized carbons (Fsp3) is 0.0417. The maximum Gasteiger partial charge on any atom is 0.335 e. The number of carbonyl (C=O) groups excluding carboxylic acids is 3. The number of anilines is 1. The number of amides is 4. The van der Waals surface area contributed by atoms with Crippen LogP contribution in [-0.2, 0) is 16.2 Å². The summed E-state index contributed by atoms with van der Waals surface area (Å²) >= 11 is 9.43. The molecule has 0 unspecified atom stereocenters. The number of imide groups is 2. The molecule has 3 aromatic rings. The number of nitrogens with zero attached hydrogens (tertiary/aromatic N) is 2. The summed E-state index contributed by atoms with van der Waals surface area (Å²) < 4.78 is 6.59. The number of benzene rings is 3. The van der Waals surface area contributed by atoms with Gasteiger partial charge in [-0.3, -0.25) is 25.0 Å². The molecule has 0 aromatic heterocycles. The first-order valence-corrected chi connectivity index (χ1v) is 11.2. The van der Waals surface area contributed by atoms with Gasteiger partial charge in [-0.05, 0) is 66.2 Å². The van der Waals surface area contributed by atoms with Gasteiger partial charge in [-0.1, -0.05) is 27.5 Å². The molecule has 0 radical (unpaired) electrons. The van der Waals surface area contributed by atoms with Gasteiger partial charge in [0.15, 0.2) is 0 Å². The van der Waals surface area contributed by atoms with Crippen molar-refractivity contribution in [1.82, 2.24) is 5.32 Å². The molecule has 176 valence electrons. The standard InChI is InChI=1S/C24H15BrClN3O6/c25-16-3-8-18(9-4-16)28-23(31)20(22(30)27-24(28)32)12-15-11-17(26)5-10-21(15)35-13-14-1-6-19(7-2-14)29(33)34/h1-12H,13H2,(H,27,30,32)/b20-12+. The number of nitrogens with one attached hydrogen (secondary N) is 1. The van der Waals surface area contributed by atoms with Crippen LogP contribution in [0.4, 0.5) is 16.2 Å². The summed E-state index contributed by atoms with van der Waals surface area (Å²) in [5, 5.41) is 13.3. The molecule has 9 nitrogen and oxygen atoms in total. The van der Waals surface area contributed by atoms with Gasteiger partial charge in [0, 0.05) is 27.2 Å². The zero-order valence-corrected chi connectivity index (χ0v) is 20.1. The Balaban J connectivity index is 1.63. The average molecular weight is 557 g/mol. The van der Waals surface area contributed by atoms with Crippen LogP contribution in [0.1, 0.15) is 11.1 Å². The van der Waals surface area contributed by atoms with Crippen LogP contribution in [0, 0.1) is 10.1 Å². The van der Waals surface area contributed by atoms with Crippen LogP contribution < -0.4 is 15.0 Å². The van der Waals surface area contributed by atoms with E-state index in [0.717, 1.165) is 9.37 Å². The van der Waals surface area contributed by atoms with Gasteiger partial charge in [-0.15, -0.1) is 0 Å². The second-order valence-electron chi connectivity index (χ2n) is 7.33. The van der Waals surface area contributed by atoms with Crippen molar-refractivity contribution in [2.24, 2.45) is 0 Å².